The Morgan fingerprint density at radius 3 is 2.57 bits per heavy atom. The minimum atomic E-state index is -0.924. The highest BCUT2D eigenvalue weighted by Gasteiger charge is 2.11. The molecular formula is C11H21NOSi. The standard InChI is InChI=1S/C11H21NOSi/c1-11-5-6-12(9-11)10-13-7-8-14(2,3)4/h5-6,9H,7-8,10H2,1-4H3. The summed E-state index contributed by atoms with van der Waals surface area (Å²) in [4.78, 5) is 0. The van der Waals surface area contributed by atoms with E-state index in [4.69, 9.17) is 4.74 Å². The van der Waals surface area contributed by atoms with Crippen molar-refractivity contribution in [2.75, 3.05) is 6.61 Å². The largest absolute Gasteiger partial charge is 0.361 e. The van der Waals surface area contributed by atoms with E-state index >= 15 is 0 Å². The first kappa shape index (κ1) is 11.5. The van der Waals surface area contributed by atoms with Gasteiger partial charge >= 0.3 is 0 Å². The van der Waals surface area contributed by atoms with Crippen LogP contribution in [0.1, 0.15) is 5.56 Å². The lowest BCUT2D eigenvalue weighted by Crippen LogP contribution is -2.21. The first-order valence-corrected chi connectivity index (χ1v) is 8.88. The molecule has 0 aliphatic rings. The molecule has 0 saturated heterocycles. The molecule has 0 aliphatic heterocycles. The highest BCUT2D eigenvalue weighted by atomic mass is 28.3. The Labute approximate surface area is 87.9 Å². The summed E-state index contributed by atoms with van der Waals surface area (Å²) in [5.41, 5.74) is 1.29. The Balaban J connectivity index is 2.16. The third-order valence-corrected chi connectivity index (χ3v) is 3.84. The molecule has 1 rings (SSSR count). The van der Waals surface area contributed by atoms with Crippen LogP contribution in [0, 0.1) is 6.92 Å². The van der Waals surface area contributed by atoms with Crippen molar-refractivity contribution in [3.63, 3.8) is 0 Å². The topological polar surface area (TPSA) is 14.2 Å². The highest BCUT2D eigenvalue weighted by molar-refractivity contribution is 6.76. The van der Waals surface area contributed by atoms with E-state index in [2.05, 4.69) is 49.6 Å². The number of rotatable bonds is 5. The molecule has 0 aliphatic carbocycles. The molecule has 14 heavy (non-hydrogen) atoms. The van der Waals surface area contributed by atoms with E-state index in [0.29, 0.717) is 6.73 Å². The molecule has 0 fully saturated rings. The van der Waals surface area contributed by atoms with Crippen molar-refractivity contribution < 1.29 is 4.74 Å². The van der Waals surface area contributed by atoms with Crippen LogP contribution in [0.4, 0.5) is 0 Å². The van der Waals surface area contributed by atoms with Crippen LogP contribution < -0.4 is 0 Å². The summed E-state index contributed by atoms with van der Waals surface area (Å²) in [6.45, 7) is 10.8. The van der Waals surface area contributed by atoms with Gasteiger partial charge < -0.3 is 9.30 Å². The number of nitrogens with zero attached hydrogens (tertiary/aromatic N) is 1. The molecule has 0 radical (unpaired) electrons. The van der Waals surface area contributed by atoms with Crippen molar-refractivity contribution in [1.29, 1.82) is 0 Å². The summed E-state index contributed by atoms with van der Waals surface area (Å²) < 4.78 is 7.69. The average Bonchev–Trinajstić information content (AvgIpc) is 2.44. The second-order valence-corrected chi connectivity index (χ2v) is 10.7. The van der Waals surface area contributed by atoms with Crippen molar-refractivity contribution in [1.82, 2.24) is 4.57 Å². The van der Waals surface area contributed by atoms with E-state index in [9.17, 15) is 0 Å². The molecule has 0 atom stereocenters. The summed E-state index contributed by atoms with van der Waals surface area (Å²) in [7, 11) is -0.924. The van der Waals surface area contributed by atoms with Crippen LogP contribution in [0.2, 0.25) is 25.7 Å². The van der Waals surface area contributed by atoms with E-state index in [-0.39, 0.29) is 0 Å². The van der Waals surface area contributed by atoms with E-state index in [0.717, 1.165) is 6.61 Å². The maximum Gasteiger partial charge on any atom is 0.122 e. The third kappa shape index (κ3) is 4.63. The summed E-state index contributed by atoms with van der Waals surface area (Å²) in [6, 6.07) is 3.34. The molecule has 1 aromatic rings. The molecule has 1 aromatic heterocycles. The van der Waals surface area contributed by atoms with Gasteiger partial charge in [0.2, 0.25) is 0 Å². The maximum absolute atomic E-state index is 5.61. The molecule has 0 unspecified atom stereocenters. The molecule has 0 amide bonds. The highest BCUT2D eigenvalue weighted by Crippen LogP contribution is 2.08. The Hall–Kier alpha value is -0.543. The van der Waals surface area contributed by atoms with Crippen molar-refractivity contribution in [2.24, 2.45) is 0 Å². The summed E-state index contributed by atoms with van der Waals surface area (Å²) in [5, 5.41) is 0. The van der Waals surface area contributed by atoms with Crippen LogP contribution in [0.15, 0.2) is 18.5 Å². The quantitative estimate of drug-likeness (QED) is 0.539. The van der Waals surface area contributed by atoms with Crippen molar-refractivity contribution in [3.8, 4) is 0 Å². The summed E-state index contributed by atoms with van der Waals surface area (Å²) >= 11 is 0. The molecule has 0 N–H and O–H groups in total. The van der Waals surface area contributed by atoms with Gasteiger partial charge in [-0.15, -0.1) is 0 Å². The Morgan fingerprint density at radius 1 is 1.36 bits per heavy atom. The van der Waals surface area contributed by atoms with Gasteiger partial charge in [-0.05, 0) is 24.6 Å². The zero-order chi connectivity index (χ0) is 10.6. The van der Waals surface area contributed by atoms with Gasteiger partial charge in [-0.25, -0.2) is 0 Å². The first-order chi connectivity index (χ1) is 6.47. The average molecular weight is 211 g/mol. The van der Waals surface area contributed by atoms with Crippen molar-refractivity contribution in [2.45, 2.75) is 39.3 Å². The van der Waals surface area contributed by atoms with Gasteiger partial charge in [-0.1, -0.05) is 19.6 Å². The van der Waals surface area contributed by atoms with Gasteiger partial charge in [0.1, 0.15) is 6.73 Å². The molecule has 2 nitrogen and oxygen atoms in total. The molecule has 3 heteroatoms. The lowest BCUT2D eigenvalue weighted by molar-refractivity contribution is 0.0874. The molecule has 0 saturated carbocycles. The van der Waals surface area contributed by atoms with E-state index in [1.807, 2.05) is 0 Å². The molecule has 0 spiro atoms. The third-order valence-electron chi connectivity index (χ3n) is 2.14. The smallest absolute Gasteiger partial charge is 0.122 e. The molecule has 0 aromatic carbocycles. The van der Waals surface area contributed by atoms with Gasteiger partial charge in [0, 0.05) is 27.1 Å². The second-order valence-electron chi connectivity index (χ2n) is 5.05. The first-order valence-electron chi connectivity index (χ1n) is 5.17. The normalized spacial score (nSPS) is 12.0. The van der Waals surface area contributed by atoms with Gasteiger partial charge in [0.15, 0.2) is 0 Å². The fourth-order valence-electron chi connectivity index (χ4n) is 1.19. The number of hydrogen-bond acceptors (Lipinski definition) is 1. The predicted molar refractivity (Wildman–Crippen MR) is 63.3 cm³/mol. The molecule has 1 heterocycles. The molecule has 80 valence electrons. The minimum absolute atomic E-state index is 0.693. The van der Waals surface area contributed by atoms with E-state index in [1.165, 1.54) is 11.6 Å². The Bertz CT molecular complexity index is 275. The van der Waals surface area contributed by atoms with Gasteiger partial charge in [0.05, 0.1) is 0 Å². The van der Waals surface area contributed by atoms with Gasteiger partial charge in [-0.2, -0.15) is 0 Å². The number of aromatic nitrogens is 1. The maximum atomic E-state index is 5.61. The summed E-state index contributed by atoms with van der Waals surface area (Å²) in [5.74, 6) is 0. The zero-order valence-corrected chi connectivity index (χ0v) is 10.7. The Kier molecular flexibility index (Phi) is 3.95. The van der Waals surface area contributed by atoms with Crippen LogP contribution >= 0.6 is 0 Å². The molecular weight excluding hydrogens is 190 g/mol. The monoisotopic (exact) mass is 211 g/mol. The van der Waals surface area contributed by atoms with Crippen molar-refractivity contribution in [3.05, 3.63) is 24.0 Å². The predicted octanol–water partition coefficient (Wildman–Crippen LogP) is 3.11. The fraction of sp³-hybridized carbons (Fsp3) is 0.636. The minimum Gasteiger partial charge on any atom is -0.361 e. The fourth-order valence-corrected chi connectivity index (χ4v) is 1.95. The number of aryl methyl sites for hydroxylation is 1. The van der Waals surface area contributed by atoms with Crippen LogP contribution in [-0.4, -0.2) is 19.2 Å². The van der Waals surface area contributed by atoms with Crippen molar-refractivity contribution >= 4 is 8.07 Å². The zero-order valence-electron chi connectivity index (χ0n) is 9.71. The number of ether oxygens (including phenoxy) is 1. The van der Waals surface area contributed by atoms with Crippen LogP contribution in [0.25, 0.3) is 0 Å². The van der Waals surface area contributed by atoms with Crippen LogP contribution in [0.3, 0.4) is 0 Å². The van der Waals surface area contributed by atoms with Gasteiger partial charge in [0.25, 0.3) is 0 Å². The second kappa shape index (κ2) is 4.80. The SMILES string of the molecule is Cc1ccn(COCC[Si](C)(C)C)c1. The van der Waals surface area contributed by atoms with E-state index < -0.39 is 8.07 Å². The lowest BCUT2D eigenvalue weighted by atomic mass is 10.4. The van der Waals surface area contributed by atoms with Crippen LogP contribution in [0.5, 0.6) is 0 Å². The Morgan fingerprint density at radius 2 is 2.07 bits per heavy atom. The molecule has 0 bridgehead atoms. The summed E-state index contributed by atoms with van der Waals surface area (Å²) in [6.07, 6.45) is 4.17. The van der Waals surface area contributed by atoms with Gasteiger partial charge in [-0.3, -0.25) is 0 Å². The van der Waals surface area contributed by atoms with E-state index in [1.54, 1.807) is 0 Å². The lowest BCUT2D eigenvalue weighted by Gasteiger charge is -2.15. The number of hydrogen-bond donors (Lipinski definition) is 0. The van der Waals surface area contributed by atoms with Crippen LogP contribution in [-0.2, 0) is 11.5 Å².